The molecule has 5 heteroatoms. The second-order valence-electron chi connectivity index (χ2n) is 3.69. The molecule has 5 nitrogen and oxygen atoms in total. The maximum Gasteiger partial charge on any atom is 0.349 e. The van der Waals surface area contributed by atoms with E-state index in [-0.39, 0.29) is 0 Å². The first-order valence-corrected chi connectivity index (χ1v) is 4.70. The number of nitroso groups, excluding NO2 is 1. The molecule has 0 saturated carbocycles. The Hall–Kier alpha value is -1.91. The van der Waals surface area contributed by atoms with Crippen LogP contribution in [-0.4, -0.2) is 18.7 Å². The van der Waals surface area contributed by atoms with Crippen molar-refractivity contribution in [3.8, 4) is 5.75 Å². The number of methoxy groups -OCH3 is 1. The summed E-state index contributed by atoms with van der Waals surface area (Å²) in [7, 11) is 1.30. The summed E-state index contributed by atoms with van der Waals surface area (Å²) in [6.07, 6.45) is 0. The van der Waals surface area contributed by atoms with Crippen molar-refractivity contribution in [3.05, 3.63) is 29.2 Å². The summed E-state index contributed by atoms with van der Waals surface area (Å²) < 4.78 is 10.0. The maximum absolute atomic E-state index is 11.3. The number of nitrogens with zero attached hydrogens (tertiary/aromatic N) is 1. The number of benzene rings is 1. The summed E-state index contributed by atoms with van der Waals surface area (Å²) in [5.74, 6) is 0.00730. The molecule has 0 unspecified atom stereocenters. The molecule has 1 aromatic carbocycles. The average Bonchev–Trinajstić information content (AvgIpc) is 2.28. The van der Waals surface area contributed by atoms with E-state index in [2.05, 4.69) is 9.91 Å². The van der Waals surface area contributed by atoms with Crippen molar-refractivity contribution in [2.75, 3.05) is 7.11 Å². The van der Waals surface area contributed by atoms with Crippen LogP contribution in [0.25, 0.3) is 0 Å². The SMILES string of the molecule is COC(=O)C(C)(C)Oc1ccc(N=O)cc1. The lowest BCUT2D eigenvalue weighted by molar-refractivity contribution is -0.156. The normalized spacial score (nSPS) is 10.7. The molecule has 0 aromatic heterocycles. The third-order valence-corrected chi connectivity index (χ3v) is 1.99. The highest BCUT2D eigenvalue weighted by Gasteiger charge is 2.30. The van der Waals surface area contributed by atoms with E-state index >= 15 is 0 Å². The predicted molar refractivity (Wildman–Crippen MR) is 58.6 cm³/mol. The quantitative estimate of drug-likeness (QED) is 0.580. The molecule has 0 aliphatic heterocycles. The molecule has 0 N–H and O–H groups in total. The zero-order chi connectivity index (χ0) is 12.2. The molecule has 1 rings (SSSR count). The van der Waals surface area contributed by atoms with E-state index in [1.165, 1.54) is 19.2 Å². The van der Waals surface area contributed by atoms with Crippen molar-refractivity contribution in [3.63, 3.8) is 0 Å². The minimum absolute atomic E-state index is 0.309. The molecule has 0 amide bonds. The van der Waals surface area contributed by atoms with Crippen LogP contribution in [0.3, 0.4) is 0 Å². The van der Waals surface area contributed by atoms with Gasteiger partial charge in [-0.1, -0.05) is 0 Å². The lowest BCUT2D eigenvalue weighted by Crippen LogP contribution is -2.39. The molecule has 0 heterocycles. The van der Waals surface area contributed by atoms with Gasteiger partial charge in [0.05, 0.1) is 7.11 Å². The fraction of sp³-hybridized carbons (Fsp3) is 0.364. The highest BCUT2D eigenvalue weighted by Crippen LogP contribution is 2.22. The first-order chi connectivity index (χ1) is 7.49. The summed E-state index contributed by atoms with van der Waals surface area (Å²) >= 11 is 0. The van der Waals surface area contributed by atoms with Gasteiger partial charge in [-0.3, -0.25) is 0 Å². The number of hydrogen-bond donors (Lipinski definition) is 0. The van der Waals surface area contributed by atoms with Crippen molar-refractivity contribution in [2.24, 2.45) is 5.18 Å². The van der Waals surface area contributed by atoms with Crippen molar-refractivity contribution in [2.45, 2.75) is 19.4 Å². The van der Waals surface area contributed by atoms with Gasteiger partial charge >= 0.3 is 5.97 Å². The zero-order valence-corrected chi connectivity index (χ0v) is 9.39. The van der Waals surface area contributed by atoms with Crippen LogP contribution in [0.5, 0.6) is 5.75 Å². The number of esters is 1. The summed E-state index contributed by atoms with van der Waals surface area (Å²) in [6.45, 7) is 3.20. The summed E-state index contributed by atoms with van der Waals surface area (Å²) in [5.41, 5.74) is -0.756. The third kappa shape index (κ3) is 2.79. The van der Waals surface area contributed by atoms with Crippen molar-refractivity contribution >= 4 is 11.7 Å². The minimum Gasteiger partial charge on any atom is -0.476 e. The van der Waals surface area contributed by atoms with E-state index in [0.29, 0.717) is 11.4 Å². The maximum atomic E-state index is 11.3. The van der Waals surface area contributed by atoms with Gasteiger partial charge in [0.1, 0.15) is 11.4 Å². The van der Waals surface area contributed by atoms with Crippen molar-refractivity contribution < 1.29 is 14.3 Å². The van der Waals surface area contributed by atoms with E-state index < -0.39 is 11.6 Å². The summed E-state index contributed by atoms with van der Waals surface area (Å²) in [4.78, 5) is 21.5. The second-order valence-corrected chi connectivity index (χ2v) is 3.69. The van der Waals surface area contributed by atoms with Gasteiger partial charge in [-0.05, 0) is 43.3 Å². The zero-order valence-electron chi connectivity index (χ0n) is 9.39. The molecule has 0 atom stereocenters. The fourth-order valence-electron chi connectivity index (χ4n) is 1.16. The van der Waals surface area contributed by atoms with E-state index in [0.717, 1.165) is 0 Å². The number of ether oxygens (including phenoxy) is 2. The molecule has 0 radical (unpaired) electrons. The predicted octanol–water partition coefficient (Wildman–Crippen LogP) is 2.41. The molecule has 0 spiro atoms. The van der Waals surface area contributed by atoms with Crippen LogP contribution < -0.4 is 4.74 Å². The number of hydrogen-bond acceptors (Lipinski definition) is 5. The third-order valence-electron chi connectivity index (χ3n) is 1.99. The Balaban J connectivity index is 2.79. The molecule has 0 saturated heterocycles. The summed E-state index contributed by atoms with van der Waals surface area (Å²) in [5, 5.41) is 2.76. The van der Waals surface area contributed by atoms with Crippen molar-refractivity contribution in [1.82, 2.24) is 0 Å². The second kappa shape index (κ2) is 4.74. The first-order valence-electron chi connectivity index (χ1n) is 4.70. The van der Waals surface area contributed by atoms with Crippen LogP contribution in [-0.2, 0) is 9.53 Å². The Bertz CT molecular complexity index is 383. The monoisotopic (exact) mass is 223 g/mol. The molecule has 0 aliphatic rings. The smallest absolute Gasteiger partial charge is 0.349 e. The Morgan fingerprint density at radius 2 is 1.81 bits per heavy atom. The molecule has 0 fully saturated rings. The van der Waals surface area contributed by atoms with E-state index in [9.17, 15) is 9.70 Å². The average molecular weight is 223 g/mol. The Morgan fingerprint density at radius 3 is 2.25 bits per heavy atom. The Kier molecular flexibility index (Phi) is 3.60. The van der Waals surface area contributed by atoms with E-state index in [1.54, 1.807) is 26.0 Å². The van der Waals surface area contributed by atoms with Gasteiger partial charge < -0.3 is 9.47 Å². The van der Waals surface area contributed by atoms with Gasteiger partial charge in [0.2, 0.25) is 0 Å². The number of rotatable bonds is 4. The largest absolute Gasteiger partial charge is 0.476 e. The highest BCUT2D eigenvalue weighted by atomic mass is 16.6. The molecular formula is C11H13NO4. The van der Waals surface area contributed by atoms with Crippen LogP contribution in [0.1, 0.15) is 13.8 Å². The first kappa shape index (κ1) is 12.2. The molecule has 86 valence electrons. The van der Waals surface area contributed by atoms with Gasteiger partial charge in [-0.2, -0.15) is 0 Å². The van der Waals surface area contributed by atoms with Gasteiger partial charge in [-0.15, -0.1) is 4.91 Å². The highest BCUT2D eigenvalue weighted by molar-refractivity contribution is 5.78. The van der Waals surface area contributed by atoms with Crippen LogP contribution in [0.4, 0.5) is 5.69 Å². The lowest BCUT2D eigenvalue weighted by Gasteiger charge is -2.23. The van der Waals surface area contributed by atoms with Gasteiger partial charge in [-0.25, -0.2) is 4.79 Å². The van der Waals surface area contributed by atoms with Crippen molar-refractivity contribution in [1.29, 1.82) is 0 Å². The van der Waals surface area contributed by atoms with E-state index in [1.807, 2.05) is 0 Å². The number of carbonyl (C=O) groups excluding carboxylic acids is 1. The summed E-state index contributed by atoms with van der Waals surface area (Å²) in [6, 6.07) is 6.16. The van der Waals surface area contributed by atoms with Crippen LogP contribution in [0.15, 0.2) is 29.4 Å². The van der Waals surface area contributed by atoms with Gasteiger partial charge in [0.15, 0.2) is 5.60 Å². The van der Waals surface area contributed by atoms with Crippen LogP contribution in [0, 0.1) is 4.91 Å². The Morgan fingerprint density at radius 1 is 1.25 bits per heavy atom. The molecule has 1 aromatic rings. The molecule has 0 bridgehead atoms. The minimum atomic E-state index is -1.06. The standard InChI is InChI=1S/C11H13NO4/c1-11(2,10(13)15-3)16-9-6-4-8(12-14)5-7-9/h4-7H,1-3H3. The van der Waals surface area contributed by atoms with Gasteiger partial charge in [0.25, 0.3) is 0 Å². The Labute approximate surface area is 93.3 Å². The van der Waals surface area contributed by atoms with Crippen LogP contribution >= 0.6 is 0 Å². The lowest BCUT2D eigenvalue weighted by atomic mass is 10.1. The van der Waals surface area contributed by atoms with E-state index in [4.69, 9.17) is 4.74 Å². The topological polar surface area (TPSA) is 65.0 Å². The molecular weight excluding hydrogens is 210 g/mol. The fourth-order valence-corrected chi connectivity index (χ4v) is 1.16. The van der Waals surface area contributed by atoms with Crippen LogP contribution in [0.2, 0.25) is 0 Å². The number of carbonyl (C=O) groups is 1. The van der Waals surface area contributed by atoms with Gasteiger partial charge in [0, 0.05) is 0 Å². The molecule has 0 aliphatic carbocycles. The molecule has 16 heavy (non-hydrogen) atoms.